The summed E-state index contributed by atoms with van der Waals surface area (Å²) < 4.78 is 21.2. The first-order chi connectivity index (χ1) is 16.3. The highest BCUT2D eigenvalue weighted by Crippen LogP contribution is 2.26. The number of carbonyl (C=O) groups is 1. The molecule has 5 nitrogen and oxygen atoms in total. The van der Waals surface area contributed by atoms with E-state index in [1.807, 2.05) is 38.1 Å². The van der Waals surface area contributed by atoms with E-state index in [2.05, 4.69) is 10.4 Å². The van der Waals surface area contributed by atoms with Crippen molar-refractivity contribution in [2.75, 3.05) is 5.32 Å². The zero-order valence-corrected chi connectivity index (χ0v) is 20.1. The lowest BCUT2D eigenvalue weighted by molar-refractivity contribution is 0.102. The van der Waals surface area contributed by atoms with E-state index in [1.54, 1.807) is 36.5 Å². The average Bonchev–Trinajstić information content (AvgIpc) is 3.16. The van der Waals surface area contributed by atoms with Gasteiger partial charge in [-0.2, -0.15) is 5.10 Å². The van der Waals surface area contributed by atoms with Gasteiger partial charge in [0.1, 0.15) is 23.2 Å². The average molecular weight is 498 g/mol. The first kappa shape index (κ1) is 23.8. The van der Waals surface area contributed by atoms with Crippen LogP contribution in [-0.2, 0) is 13.2 Å². The molecule has 0 unspecified atom stereocenters. The summed E-state index contributed by atoms with van der Waals surface area (Å²) in [6.45, 7) is 4.42. The van der Waals surface area contributed by atoms with E-state index in [4.69, 9.17) is 27.9 Å². The highest BCUT2D eigenvalue weighted by Gasteiger charge is 2.14. The van der Waals surface area contributed by atoms with Gasteiger partial charge < -0.3 is 10.1 Å². The Balaban J connectivity index is 1.37. The topological polar surface area (TPSA) is 56.1 Å². The summed E-state index contributed by atoms with van der Waals surface area (Å²) in [4.78, 5) is 12.7. The summed E-state index contributed by atoms with van der Waals surface area (Å²) in [5.41, 5.74) is 3.74. The molecule has 0 fully saturated rings. The second kappa shape index (κ2) is 10.3. The Morgan fingerprint density at radius 2 is 1.74 bits per heavy atom. The van der Waals surface area contributed by atoms with Crippen LogP contribution in [0.15, 0.2) is 66.9 Å². The molecule has 0 atom stereocenters. The third-order valence-electron chi connectivity index (χ3n) is 5.27. The Bertz CT molecular complexity index is 1310. The maximum atomic E-state index is 13.9. The van der Waals surface area contributed by atoms with Crippen molar-refractivity contribution >= 4 is 34.9 Å². The number of nitrogens with one attached hydrogen (secondary N) is 1. The predicted octanol–water partition coefficient (Wildman–Crippen LogP) is 6.83. The standard InChI is InChI=1S/C26H22Cl2FN3O2/c1-16-11-21(12-17(2)24(16)28)34-15-18-7-9-19(10-8-18)26(33)30-25-22(27)14-32(31-25)13-20-5-3-4-6-23(20)29/h3-12,14H,13,15H2,1-2H3,(H,30,31,33). The third kappa shape index (κ3) is 5.58. The van der Waals surface area contributed by atoms with Crippen LogP contribution in [-0.4, -0.2) is 15.7 Å². The smallest absolute Gasteiger partial charge is 0.256 e. The number of ether oxygens (including phenoxy) is 1. The van der Waals surface area contributed by atoms with Gasteiger partial charge in [0, 0.05) is 22.3 Å². The second-order valence-electron chi connectivity index (χ2n) is 7.93. The molecule has 0 spiro atoms. The Morgan fingerprint density at radius 1 is 1.06 bits per heavy atom. The van der Waals surface area contributed by atoms with Gasteiger partial charge in [-0.1, -0.05) is 53.5 Å². The monoisotopic (exact) mass is 497 g/mol. The Hall–Kier alpha value is -3.35. The van der Waals surface area contributed by atoms with E-state index in [1.165, 1.54) is 10.7 Å². The molecule has 1 heterocycles. The molecule has 0 aliphatic carbocycles. The summed E-state index contributed by atoms with van der Waals surface area (Å²) in [5, 5.41) is 7.97. The fourth-order valence-electron chi connectivity index (χ4n) is 3.45. The van der Waals surface area contributed by atoms with E-state index in [0.29, 0.717) is 17.7 Å². The second-order valence-corrected chi connectivity index (χ2v) is 8.71. The van der Waals surface area contributed by atoms with Crippen molar-refractivity contribution < 1.29 is 13.9 Å². The van der Waals surface area contributed by atoms with Crippen LogP contribution >= 0.6 is 23.2 Å². The largest absolute Gasteiger partial charge is 0.489 e. The van der Waals surface area contributed by atoms with Crippen LogP contribution in [0, 0.1) is 19.7 Å². The Kier molecular flexibility index (Phi) is 7.20. The molecule has 174 valence electrons. The van der Waals surface area contributed by atoms with Gasteiger partial charge in [0.15, 0.2) is 5.82 Å². The fraction of sp³-hybridized carbons (Fsp3) is 0.154. The predicted molar refractivity (Wildman–Crippen MR) is 132 cm³/mol. The molecule has 0 saturated carbocycles. The quantitative estimate of drug-likeness (QED) is 0.304. The number of hydrogen-bond donors (Lipinski definition) is 1. The first-order valence-electron chi connectivity index (χ1n) is 10.6. The minimum atomic E-state index is -0.352. The zero-order chi connectivity index (χ0) is 24.2. The number of carbonyl (C=O) groups excluding carboxylic acids is 1. The maximum absolute atomic E-state index is 13.9. The third-order valence-corrected chi connectivity index (χ3v) is 6.14. The molecule has 0 bridgehead atoms. The molecule has 4 aromatic rings. The fourth-order valence-corrected chi connectivity index (χ4v) is 3.76. The molecular formula is C26H22Cl2FN3O2. The molecule has 0 aliphatic rings. The number of aromatic nitrogens is 2. The van der Waals surface area contributed by atoms with Crippen molar-refractivity contribution in [2.45, 2.75) is 27.0 Å². The van der Waals surface area contributed by atoms with Crippen molar-refractivity contribution in [1.29, 1.82) is 0 Å². The zero-order valence-electron chi connectivity index (χ0n) is 18.6. The van der Waals surface area contributed by atoms with Crippen LogP contribution in [0.25, 0.3) is 0 Å². The lowest BCUT2D eigenvalue weighted by Gasteiger charge is -2.10. The van der Waals surface area contributed by atoms with Gasteiger partial charge in [0.2, 0.25) is 0 Å². The van der Waals surface area contributed by atoms with Crippen molar-refractivity contribution in [3.05, 3.63) is 111 Å². The van der Waals surface area contributed by atoms with Gasteiger partial charge in [-0.25, -0.2) is 4.39 Å². The van der Waals surface area contributed by atoms with Gasteiger partial charge in [-0.3, -0.25) is 9.48 Å². The lowest BCUT2D eigenvalue weighted by atomic mass is 10.1. The summed E-state index contributed by atoms with van der Waals surface area (Å²) in [5.74, 6) is 0.269. The normalized spacial score (nSPS) is 10.9. The summed E-state index contributed by atoms with van der Waals surface area (Å²) in [7, 11) is 0. The van der Waals surface area contributed by atoms with Crippen LogP contribution in [0.5, 0.6) is 5.75 Å². The Morgan fingerprint density at radius 3 is 2.41 bits per heavy atom. The first-order valence-corrected chi connectivity index (χ1v) is 11.3. The van der Waals surface area contributed by atoms with Crippen molar-refractivity contribution in [1.82, 2.24) is 9.78 Å². The number of anilines is 1. The van der Waals surface area contributed by atoms with E-state index in [9.17, 15) is 9.18 Å². The molecule has 1 aromatic heterocycles. The minimum Gasteiger partial charge on any atom is -0.489 e. The highest BCUT2D eigenvalue weighted by atomic mass is 35.5. The molecule has 34 heavy (non-hydrogen) atoms. The van der Waals surface area contributed by atoms with Gasteiger partial charge >= 0.3 is 0 Å². The van der Waals surface area contributed by atoms with E-state index < -0.39 is 0 Å². The molecule has 0 radical (unpaired) electrons. The number of rotatable bonds is 7. The van der Waals surface area contributed by atoms with Crippen molar-refractivity contribution in [3.8, 4) is 5.75 Å². The molecule has 1 N–H and O–H groups in total. The van der Waals surface area contributed by atoms with Crippen LogP contribution in [0.4, 0.5) is 10.2 Å². The van der Waals surface area contributed by atoms with Crippen LogP contribution < -0.4 is 10.1 Å². The SMILES string of the molecule is Cc1cc(OCc2ccc(C(=O)Nc3nn(Cc4ccccc4F)cc3Cl)cc2)cc(C)c1Cl. The Labute approximate surface area is 207 Å². The lowest BCUT2D eigenvalue weighted by Crippen LogP contribution is -2.13. The number of aryl methyl sites for hydroxylation is 2. The number of hydrogen-bond acceptors (Lipinski definition) is 3. The summed E-state index contributed by atoms with van der Waals surface area (Å²) in [6, 6.07) is 17.3. The molecule has 8 heteroatoms. The molecular weight excluding hydrogens is 476 g/mol. The van der Waals surface area contributed by atoms with E-state index in [0.717, 1.165) is 27.5 Å². The van der Waals surface area contributed by atoms with Gasteiger partial charge in [-0.05, 0) is 60.9 Å². The highest BCUT2D eigenvalue weighted by molar-refractivity contribution is 6.33. The van der Waals surface area contributed by atoms with Crippen molar-refractivity contribution in [3.63, 3.8) is 0 Å². The number of halogens is 3. The van der Waals surface area contributed by atoms with Crippen LogP contribution in [0.3, 0.4) is 0 Å². The molecule has 0 saturated heterocycles. The van der Waals surface area contributed by atoms with Gasteiger partial charge in [0.05, 0.1) is 6.54 Å². The number of amides is 1. The summed E-state index contributed by atoms with van der Waals surface area (Å²) in [6.07, 6.45) is 1.55. The molecule has 3 aromatic carbocycles. The van der Waals surface area contributed by atoms with E-state index >= 15 is 0 Å². The molecule has 1 amide bonds. The van der Waals surface area contributed by atoms with Crippen molar-refractivity contribution in [2.24, 2.45) is 0 Å². The van der Waals surface area contributed by atoms with Gasteiger partial charge in [0.25, 0.3) is 5.91 Å². The van der Waals surface area contributed by atoms with Gasteiger partial charge in [-0.15, -0.1) is 0 Å². The molecule has 0 aliphatic heterocycles. The number of nitrogens with zero attached hydrogens (tertiary/aromatic N) is 2. The minimum absolute atomic E-state index is 0.198. The maximum Gasteiger partial charge on any atom is 0.256 e. The molecule has 4 rings (SSSR count). The summed E-state index contributed by atoms with van der Waals surface area (Å²) >= 11 is 12.4. The van der Waals surface area contributed by atoms with E-state index in [-0.39, 0.29) is 29.1 Å². The number of benzene rings is 3. The van der Waals surface area contributed by atoms with Crippen LogP contribution in [0.1, 0.15) is 32.6 Å². The van der Waals surface area contributed by atoms with Crippen LogP contribution in [0.2, 0.25) is 10.0 Å².